The van der Waals surface area contributed by atoms with Gasteiger partial charge in [0.05, 0.1) is 5.02 Å². The minimum absolute atomic E-state index is 0.155. The quantitative estimate of drug-likeness (QED) is 0.838. The van der Waals surface area contributed by atoms with Crippen LogP contribution in [0, 0.1) is 0 Å². The van der Waals surface area contributed by atoms with Gasteiger partial charge in [-0.25, -0.2) is 4.98 Å². The average Bonchev–Trinajstić information content (AvgIpc) is 2.41. The third kappa shape index (κ3) is 3.90. The Bertz CT molecular complexity index is 471. The highest BCUT2D eigenvalue weighted by Crippen LogP contribution is 2.13. The average molecular weight is 281 g/mol. The molecule has 2 nitrogen and oxygen atoms in total. The number of hydrogen-bond acceptors (Lipinski definition) is 2. The highest BCUT2D eigenvalue weighted by atomic mass is 35.5. The van der Waals surface area contributed by atoms with Crippen molar-refractivity contribution in [2.24, 2.45) is 0 Å². The Kier molecular flexibility index (Phi) is 4.85. The van der Waals surface area contributed by atoms with Gasteiger partial charge in [-0.2, -0.15) is 0 Å². The van der Waals surface area contributed by atoms with Crippen molar-refractivity contribution < 1.29 is 0 Å². The second-order valence-corrected chi connectivity index (χ2v) is 4.79. The van der Waals surface area contributed by atoms with Crippen LogP contribution in [-0.4, -0.2) is 16.9 Å². The number of benzene rings is 1. The first kappa shape index (κ1) is 13.2. The highest BCUT2D eigenvalue weighted by molar-refractivity contribution is 6.30. The number of aromatic nitrogens is 1. The molecule has 1 aromatic carbocycles. The number of anilines is 1. The lowest BCUT2D eigenvalue weighted by Gasteiger charge is -2.16. The van der Waals surface area contributed by atoms with Gasteiger partial charge in [-0.3, -0.25) is 0 Å². The predicted molar refractivity (Wildman–Crippen MR) is 77.5 cm³/mol. The van der Waals surface area contributed by atoms with Crippen LogP contribution < -0.4 is 5.32 Å². The molecule has 0 aliphatic heterocycles. The first-order chi connectivity index (χ1) is 8.78. The van der Waals surface area contributed by atoms with Gasteiger partial charge in [-0.15, -0.1) is 11.6 Å². The second kappa shape index (κ2) is 6.62. The van der Waals surface area contributed by atoms with Crippen LogP contribution in [0.3, 0.4) is 0 Å². The summed E-state index contributed by atoms with van der Waals surface area (Å²) in [7, 11) is 0. The molecule has 2 rings (SSSR count). The first-order valence-electron chi connectivity index (χ1n) is 5.76. The summed E-state index contributed by atoms with van der Waals surface area (Å²) in [5, 5.41) is 3.93. The normalized spacial score (nSPS) is 12.1. The summed E-state index contributed by atoms with van der Waals surface area (Å²) in [6.45, 7) is 0. The number of nitrogens with zero attached hydrogens (tertiary/aromatic N) is 1. The molecular formula is C14H14Cl2N2. The van der Waals surface area contributed by atoms with E-state index in [0.29, 0.717) is 10.9 Å². The molecule has 0 bridgehead atoms. The summed E-state index contributed by atoms with van der Waals surface area (Å²) in [5.74, 6) is 1.32. The van der Waals surface area contributed by atoms with E-state index in [-0.39, 0.29) is 6.04 Å². The molecule has 0 saturated heterocycles. The predicted octanol–water partition coefficient (Wildman–Crippen LogP) is 4.00. The topological polar surface area (TPSA) is 24.9 Å². The molecular weight excluding hydrogens is 267 g/mol. The minimum Gasteiger partial charge on any atom is -0.366 e. The van der Waals surface area contributed by atoms with E-state index in [9.17, 15) is 0 Å². The molecule has 1 atom stereocenters. The highest BCUT2D eigenvalue weighted by Gasteiger charge is 2.08. The third-order valence-corrected chi connectivity index (χ3v) is 3.19. The smallest absolute Gasteiger partial charge is 0.126 e. The summed E-state index contributed by atoms with van der Waals surface area (Å²) in [4.78, 5) is 4.21. The monoisotopic (exact) mass is 280 g/mol. The Morgan fingerprint density at radius 2 is 1.89 bits per heavy atom. The number of halogens is 2. The molecule has 2 aromatic rings. The fourth-order valence-corrected chi connectivity index (χ4v) is 2.01. The maximum atomic E-state index is 5.98. The summed E-state index contributed by atoms with van der Waals surface area (Å²) < 4.78 is 0. The van der Waals surface area contributed by atoms with Gasteiger partial charge in [0.1, 0.15) is 5.82 Å². The van der Waals surface area contributed by atoms with E-state index in [2.05, 4.69) is 22.4 Å². The van der Waals surface area contributed by atoms with E-state index in [1.54, 1.807) is 6.20 Å². The number of pyridine rings is 1. The molecule has 1 heterocycles. The molecule has 1 aromatic heterocycles. The van der Waals surface area contributed by atoms with Crippen LogP contribution in [0.5, 0.6) is 0 Å². The fraction of sp³-hybridized carbons (Fsp3) is 0.214. The van der Waals surface area contributed by atoms with Crippen molar-refractivity contribution in [3.05, 3.63) is 59.2 Å². The fourth-order valence-electron chi connectivity index (χ4n) is 1.71. The number of hydrogen-bond donors (Lipinski definition) is 1. The summed E-state index contributed by atoms with van der Waals surface area (Å²) in [6.07, 6.45) is 2.49. The molecule has 0 aliphatic carbocycles. The van der Waals surface area contributed by atoms with Gasteiger partial charge in [0.15, 0.2) is 0 Å². The molecule has 0 saturated carbocycles. The van der Waals surface area contributed by atoms with Crippen molar-refractivity contribution in [2.75, 3.05) is 11.2 Å². The maximum Gasteiger partial charge on any atom is 0.126 e. The Hall–Kier alpha value is -1.25. The molecule has 1 unspecified atom stereocenters. The van der Waals surface area contributed by atoms with Gasteiger partial charge in [0.25, 0.3) is 0 Å². The van der Waals surface area contributed by atoms with Gasteiger partial charge >= 0.3 is 0 Å². The van der Waals surface area contributed by atoms with Crippen LogP contribution >= 0.6 is 23.2 Å². The van der Waals surface area contributed by atoms with Crippen LogP contribution in [0.15, 0.2) is 48.7 Å². The van der Waals surface area contributed by atoms with Crippen LogP contribution in [-0.2, 0) is 6.42 Å². The van der Waals surface area contributed by atoms with Crippen molar-refractivity contribution in [3.8, 4) is 0 Å². The molecule has 0 amide bonds. The van der Waals surface area contributed by atoms with Crippen molar-refractivity contribution in [1.82, 2.24) is 4.98 Å². The molecule has 94 valence electrons. The van der Waals surface area contributed by atoms with Crippen LogP contribution in [0.2, 0.25) is 5.02 Å². The molecule has 0 spiro atoms. The Morgan fingerprint density at radius 1 is 1.11 bits per heavy atom. The lowest BCUT2D eigenvalue weighted by molar-refractivity contribution is 0.791. The lowest BCUT2D eigenvalue weighted by Crippen LogP contribution is -2.24. The summed E-state index contributed by atoms with van der Waals surface area (Å²) in [5.41, 5.74) is 1.25. The largest absolute Gasteiger partial charge is 0.366 e. The van der Waals surface area contributed by atoms with Gasteiger partial charge < -0.3 is 5.32 Å². The van der Waals surface area contributed by atoms with Crippen molar-refractivity contribution in [2.45, 2.75) is 12.5 Å². The number of nitrogens with one attached hydrogen (secondary N) is 1. The Morgan fingerprint density at radius 3 is 2.50 bits per heavy atom. The zero-order valence-corrected chi connectivity index (χ0v) is 11.3. The summed E-state index contributed by atoms with van der Waals surface area (Å²) >= 11 is 11.8. The zero-order chi connectivity index (χ0) is 12.8. The maximum absolute atomic E-state index is 5.98. The van der Waals surface area contributed by atoms with E-state index in [1.807, 2.05) is 30.3 Å². The molecule has 0 fully saturated rings. The molecule has 1 N–H and O–H groups in total. The Balaban J connectivity index is 1.99. The van der Waals surface area contributed by atoms with Gasteiger partial charge in [0.2, 0.25) is 0 Å². The van der Waals surface area contributed by atoms with E-state index < -0.39 is 0 Å². The zero-order valence-electron chi connectivity index (χ0n) is 9.81. The van der Waals surface area contributed by atoms with Crippen LogP contribution in [0.25, 0.3) is 0 Å². The number of alkyl halides is 1. The minimum atomic E-state index is 0.155. The SMILES string of the molecule is ClCC(Cc1ccccc1)Nc1ccc(Cl)cn1. The standard InChI is InChI=1S/C14H14Cl2N2/c15-9-13(8-11-4-2-1-3-5-11)18-14-7-6-12(16)10-17-14/h1-7,10,13H,8-9H2,(H,17,18). The summed E-state index contributed by atoms with van der Waals surface area (Å²) in [6, 6.07) is 14.1. The lowest BCUT2D eigenvalue weighted by atomic mass is 10.1. The first-order valence-corrected chi connectivity index (χ1v) is 6.67. The van der Waals surface area contributed by atoms with E-state index >= 15 is 0 Å². The van der Waals surface area contributed by atoms with Gasteiger partial charge in [-0.05, 0) is 24.1 Å². The van der Waals surface area contributed by atoms with Crippen molar-refractivity contribution in [1.29, 1.82) is 0 Å². The second-order valence-electron chi connectivity index (χ2n) is 4.05. The van der Waals surface area contributed by atoms with Gasteiger partial charge in [0, 0.05) is 18.1 Å². The molecule has 4 heteroatoms. The van der Waals surface area contributed by atoms with E-state index in [4.69, 9.17) is 23.2 Å². The Labute approximate surface area is 117 Å². The third-order valence-electron chi connectivity index (χ3n) is 2.59. The molecule has 18 heavy (non-hydrogen) atoms. The number of rotatable bonds is 5. The van der Waals surface area contributed by atoms with Gasteiger partial charge in [-0.1, -0.05) is 41.9 Å². The van der Waals surface area contributed by atoms with Crippen LogP contribution in [0.1, 0.15) is 5.56 Å². The van der Waals surface area contributed by atoms with E-state index in [0.717, 1.165) is 12.2 Å². The van der Waals surface area contributed by atoms with Crippen LogP contribution in [0.4, 0.5) is 5.82 Å². The van der Waals surface area contributed by atoms with Crippen molar-refractivity contribution >= 4 is 29.0 Å². The van der Waals surface area contributed by atoms with Crippen molar-refractivity contribution in [3.63, 3.8) is 0 Å². The molecule has 0 radical (unpaired) electrons. The molecule has 0 aliphatic rings. The van der Waals surface area contributed by atoms with E-state index in [1.165, 1.54) is 5.56 Å².